The summed E-state index contributed by atoms with van der Waals surface area (Å²) in [6, 6.07) is 20.4. The molecule has 1 unspecified atom stereocenters. The van der Waals surface area contributed by atoms with E-state index in [0.29, 0.717) is 70.4 Å². The standard InChI is InChI=1S/C34H32N4O7S/c1-3-44-26-13-10-23(11-14-26)31-29(33(40)45-4-2)30(22-8-6-5-7-9-22)35-34-37(31)32(39)28(46-34)21-24-20-25(38(41)42)12-15-27(24)36-16-18-43-19-17-36/h5-15,20-21,31H,3-4,16-19H2,1-2H3. The maximum Gasteiger partial charge on any atom is 0.338 e. The highest BCUT2D eigenvalue weighted by Crippen LogP contribution is 2.36. The molecule has 0 bridgehead atoms. The summed E-state index contributed by atoms with van der Waals surface area (Å²) in [5.41, 5.74) is 2.86. The van der Waals surface area contributed by atoms with Gasteiger partial charge < -0.3 is 19.1 Å². The number of carbonyl (C=O) groups excluding carboxylic acids is 1. The summed E-state index contributed by atoms with van der Waals surface area (Å²) in [6.07, 6.45) is 1.67. The van der Waals surface area contributed by atoms with Crippen LogP contribution in [0.2, 0.25) is 0 Å². The molecule has 4 aromatic rings. The zero-order valence-electron chi connectivity index (χ0n) is 25.4. The minimum Gasteiger partial charge on any atom is -0.494 e. The quantitative estimate of drug-likeness (QED) is 0.152. The van der Waals surface area contributed by atoms with E-state index in [4.69, 9.17) is 19.2 Å². The zero-order chi connectivity index (χ0) is 32.2. The molecule has 11 nitrogen and oxygen atoms in total. The highest BCUT2D eigenvalue weighted by atomic mass is 32.1. The van der Waals surface area contributed by atoms with Crippen molar-refractivity contribution in [3.05, 3.63) is 125 Å². The van der Waals surface area contributed by atoms with Crippen LogP contribution in [0.15, 0.2) is 88.2 Å². The number of nitrogens with zero attached hydrogens (tertiary/aromatic N) is 4. The number of thiazole rings is 1. The van der Waals surface area contributed by atoms with Crippen molar-refractivity contribution in [3.63, 3.8) is 0 Å². The molecule has 0 amide bonds. The van der Waals surface area contributed by atoms with Crippen LogP contribution in [0.1, 0.15) is 36.6 Å². The lowest BCUT2D eigenvalue weighted by atomic mass is 9.93. The van der Waals surface area contributed by atoms with Gasteiger partial charge in [0.1, 0.15) is 5.75 Å². The maximum absolute atomic E-state index is 14.4. The molecule has 3 aromatic carbocycles. The Labute approximate surface area is 268 Å². The number of non-ortho nitro benzene ring substituents is 1. The molecule has 12 heteroatoms. The Balaban J connectivity index is 1.60. The fraction of sp³-hybridized carbons (Fsp3) is 0.265. The molecule has 1 saturated heterocycles. The SMILES string of the molecule is CCOC(=O)C1=C(c2ccccc2)N=c2sc(=Cc3cc([N+](=O)[O-])ccc3N3CCOCC3)c(=O)n2C1c1ccc(OCC)cc1. The fourth-order valence-corrected chi connectivity index (χ4v) is 6.67. The lowest BCUT2D eigenvalue weighted by Crippen LogP contribution is -2.40. The van der Waals surface area contributed by atoms with E-state index in [9.17, 15) is 19.7 Å². The molecule has 0 radical (unpaired) electrons. The Kier molecular flexibility index (Phi) is 9.08. The number of nitro groups is 1. The fourth-order valence-electron chi connectivity index (χ4n) is 5.67. The van der Waals surface area contributed by atoms with Crippen molar-refractivity contribution in [3.8, 4) is 5.75 Å². The van der Waals surface area contributed by atoms with Gasteiger partial charge in [-0.3, -0.25) is 19.5 Å². The molecule has 0 saturated carbocycles. The molecule has 0 aliphatic carbocycles. The second-order valence-electron chi connectivity index (χ2n) is 10.5. The Morgan fingerprint density at radius 1 is 1.07 bits per heavy atom. The van der Waals surface area contributed by atoms with Crippen LogP contribution in [0.25, 0.3) is 11.8 Å². The average Bonchev–Trinajstić information content (AvgIpc) is 3.39. The number of rotatable bonds is 9. The molecule has 236 valence electrons. The third-order valence-electron chi connectivity index (χ3n) is 7.74. The van der Waals surface area contributed by atoms with Crippen molar-refractivity contribution < 1.29 is 23.9 Å². The number of benzene rings is 3. The van der Waals surface area contributed by atoms with Gasteiger partial charge in [-0.05, 0) is 43.7 Å². The van der Waals surface area contributed by atoms with Crippen LogP contribution in [0, 0.1) is 10.1 Å². The topological polar surface area (TPSA) is 126 Å². The Bertz CT molecular complexity index is 1980. The summed E-state index contributed by atoms with van der Waals surface area (Å²) < 4.78 is 18.5. The lowest BCUT2D eigenvalue weighted by Gasteiger charge is -2.30. The van der Waals surface area contributed by atoms with Crippen LogP contribution in [0.5, 0.6) is 5.75 Å². The van der Waals surface area contributed by atoms with Gasteiger partial charge in [0.25, 0.3) is 11.2 Å². The highest BCUT2D eigenvalue weighted by Gasteiger charge is 2.35. The van der Waals surface area contributed by atoms with Gasteiger partial charge in [0.15, 0.2) is 4.80 Å². The van der Waals surface area contributed by atoms with Crippen LogP contribution in [0.4, 0.5) is 11.4 Å². The van der Waals surface area contributed by atoms with E-state index in [1.54, 1.807) is 31.2 Å². The average molecular weight is 641 g/mol. The molecule has 1 atom stereocenters. The largest absolute Gasteiger partial charge is 0.494 e. The number of hydrogen-bond donors (Lipinski definition) is 0. The predicted octanol–water partition coefficient (Wildman–Crippen LogP) is 4.08. The summed E-state index contributed by atoms with van der Waals surface area (Å²) in [4.78, 5) is 46.7. The van der Waals surface area contributed by atoms with Gasteiger partial charge in [-0.2, -0.15) is 0 Å². The molecule has 2 aliphatic rings. The number of fused-ring (bicyclic) bond motifs is 1. The monoisotopic (exact) mass is 640 g/mol. The molecule has 0 N–H and O–H groups in total. The van der Waals surface area contributed by atoms with Crippen LogP contribution < -0.4 is 24.5 Å². The van der Waals surface area contributed by atoms with E-state index >= 15 is 0 Å². The van der Waals surface area contributed by atoms with E-state index in [0.717, 1.165) is 5.69 Å². The first-order valence-corrected chi connectivity index (χ1v) is 15.8. The summed E-state index contributed by atoms with van der Waals surface area (Å²) in [5.74, 6) is 0.0801. The van der Waals surface area contributed by atoms with E-state index in [1.807, 2.05) is 49.4 Å². The zero-order valence-corrected chi connectivity index (χ0v) is 26.2. The first-order chi connectivity index (χ1) is 22.4. The summed E-state index contributed by atoms with van der Waals surface area (Å²) in [7, 11) is 0. The van der Waals surface area contributed by atoms with Crippen molar-refractivity contribution in [2.45, 2.75) is 19.9 Å². The van der Waals surface area contributed by atoms with Gasteiger partial charge in [0, 0.05) is 42.0 Å². The second kappa shape index (κ2) is 13.5. The second-order valence-corrected chi connectivity index (χ2v) is 11.5. The third-order valence-corrected chi connectivity index (χ3v) is 8.72. The molecule has 0 spiro atoms. The van der Waals surface area contributed by atoms with Gasteiger partial charge in [0.2, 0.25) is 0 Å². The number of esters is 1. The Morgan fingerprint density at radius 3 is 2.48 bits per heavy atom. The number of hydrogen-bond acceptors (Lipinski definition) is 10. The van der Waals surface area contributed by atoms with Gasteiger partial charge in [0.05, 0.1) is 53.2 Å². The third kappa shape index (κ3) is 6.09. The summed E-state index contributed by atoms with van der Waals surface area (Å²) in [5, 5.41) is 11.7. The number of nitro benzene ring substituents is 1. The highest BCUT2D eigenvalue weighted by molar-refractivity contribution is 7.07. The van der Waals surface area contributed by atoms with Crippen molar-refractivity contribution in [2.24, 2.45) is 4.99 Å². The van der Waals surface area contributed by atoms with E-state index < -0.39 is 16.9 Å². The smallest absolute Gasteiger partial charge is 0.338 e. The number of morpholine rings is 1. The molecule has 46 heavy (non-hydrogen) atoms. The number of aromatic nitrogens is 1. The summed E-state index contributed by atoms with van der Waals surface area (Å²) >= 11 is 1.17. The maximum atomic E-state index is 14.4. The van der Waals surface area contributed by atoms with Gasteiger partial charge in [-0.15, -0.1) is 0 Å². The summed E-state index contributed by atoms with van der Waals surface area (Å²) in [6.45, 7) is 6.53. The van der Waals surface area contributed by atoms with Crippen LogP contribution in [-0.2, 0) is 14.3 Å². The molecule has 3 heterocycles. The molecule has 1 aromatic heterocycles. The first-order valence-electron chi connectivity index (χ1n) is 15.0. The van der Waals surface area contributed by atoms with Crippen molar-refractivity contribution in [1.29, 1.82) is 0 Å². The van der Waals surface area contributed by atoms with Crippen LogP contribution >= 0.6 is 11.3 Å². The molecule has 6 rings (SSSR count). The van der Waals surface area contributed by atoms with Gasteiger partial charge in [-0.1, -0.05) is 53.8 Å². The lowest BCUT2D eigenvalue weighted by molar-refractivity contribution is -0.384. The molecule has 2 aliphatic heterocycles. The molecular formula is C34H32N4O7S. The molecule has 1 fully saturated rings. The number of anilines is 1. The van der Waals surface area contributed by atoms with Gasteiger partial charge in [-0.25, -0.2) is 9.79 Å². The normalized spacial score (nSPS) is 16.5. The van der Waals surface area contributed by atoms with E-state index in [1.165, 1.54) is 28.0 Å². The first kappa shape index (κ1) is 30.9. The van der Waals surface area contributed by atoms with Crippen LogP contribution in [0.3, 0.4) is 0 Å². The number of ether oxygens (including phenoxy) is 3. The van der Waals surface area contributed by atoms with Crippen molar-refractivity contribution >= 4 is 40.5 Å². The van der Waals surface area contributed by atoms with E-state index in [2.05, 4.69) is 4.90 Å². The number of carbonyl (C=O) groups is 1. The van der Waals surface area contributed by atoms with Crippen molar-refractivity contribution in [2.75, 3.05) is 44.4 Å². The Morgan fingerprint density at radius 2 is 1.80 bits per heavy atom. The van der Waals surface area contributed by atoms with Crippen molar-refractivity contribution in [1.82, 2.24) is 4.57 Å². The van der Waals surface area contributed by atoms with Gasteiger partial charge >= 0.3 is 5.97 Å². The predicted molar refractivity (Wildman–Crippen MR) is 175 cm³/mol. The van der Waals surface area contributed by atoms with E-state index in [-0.39, 0.29) is 23.4 Å². The minimum absolute atomic E-state index is 0.0840. The Hall–Kier alpha value is -5.07. The minimum atomic E-state index is -0.854. The molecular weight excluding hydrogens is 608 g/mol. The van der Waals surface area contributed by atoms with Crippen LogP contribution in [-0.4, -0.2) is 55.0 Å².